The van der Waals surface area contributed by atoms with Crippen molar-refractivity contribution in [3.63, 3.8) is 0 Å². The summed E-state index contributed by atoms with van der Waals surface area (Å²) in [7, 11) is 0. The minimum atomic E-state index is -1.63. The molecule has 1 heterocycles. The number of carboxylic acids is 1. The number of carbonyl (C=O) groups excluding carboxylic acids is 2. The number of nitrogens with one attached hydrogen (secondary N) is 1. The quantitative estimate of drug-likeness (QED) is 0.315. The van der Waals surface area contributed by atoms with Gasteiger partial charge in [0.25, 0.3) is 0 Å². The van der Waals surface area contributed by atoms with Gasteiger partial charge in [0.15, 0.2) is 0 Å². The van der Waals surface area contributed by atoms with Crippen LogP contribution in [-0.4, -0.2) is 58.0 Å². The first-order valence-electron chi connectivity index (χ1n) is 11.5. The van der Waals surface area contributed by atoms with E-state index in [0.717, 1.165) is 16.3 Å². The third kappa shape index (κ3) is 5.72. The number of fused-ring (bicyclic) bond motifs is 1. The summed E-state index contributed by atoms with van der Waals surface area (Å²) >= 11 is 0. The smallest absolute Gasteiger partial charge is 0.329 e. The van der Waals surface area contributed by atoms with E-state index >= 15 is 0 Å². The fourth-order valence-electron chi connectivity index (χ4n) is 4.30. The molecule has 0 aliphatic carbocycles. The summed E-state index contributed by atoms with van der Waals surface area (Å²) in [6.07, 6.45) is 0.130. The standard InChI is InChI=1S/C25H32N6O4/c1-24(2,3)20(26)22(33)31-14-18(29-30-27)12-19(31)21(32)28-25(4,23(34)35)13-15-9-10-16-7-5-6-8-17(16)11-15/h5-11,18-20H,12-14,26H2,1-4H3,(H,28,32)(H,34,35)/t18-,19-,20+,25-/m0/s1. The Kier molecular flexibility index (Phi) is 7.38. The number of aliphatic carboxylic acids is 1. The highest BCUT2D eigenvalue weighted by Gasteiger charge is 2.45. The fourth-order valence-corrected chi connectivity index (χ4v) is 4.30. The molecule has 2 aromatic rings. The van der Waals surface area contributed by atoms with Gasteiger partial charge in [0.1, 0.15) is 11.6 Å². The molecule has 10 nitrogen and oxygen atoms in total. The van der Waals surface area contributed by atoms with E-state index in [0.29, 0.717) is 0 Å². The van der Waals surface area contributed by atoms with Crippen LogP contribution >= 0.6 is 0 Å². The second kappa shape index (κ2) is 9.93. The van der Waals surface area contributed by atoms with Crippen LogP contribution in [0.4, 0.5) is 0 Å². The van der Waals surface area contributed by atoms with Crippen molar-refractivity contribution in [1.82, 2.24) is 10.2 Å². The molecule has 0 aromatic heterocycles. The van der Waals surface area contributed by atoms with Crippen LogP contribution in [0, 0.1) is 5.41 Å². The molecular weight excluding hydrogens is 448 g/mol. The van der Waals surface area contributed by atoms with Crippen molar-refractivity contribution in [1.29, 1.82) is 0 Å². The van der Waals surface area contributed by atoms with Gasteiger partial charge in [0.05, 0.1) is 12.1 Å². The Balaban J connectivity index is 1.86. The highest BCUT2D eigenvalue weighted by Crippen LogP contribution is 2.27. The Hall–Kier alpha value is -3.62. The van der Waals surface area contributed by atoms with Crippen LogP contribution in [0.2, 0.25) is 0 Å². The average molecular weight is 481 g/mol. The maximum Gasteiger partial charge on any atom is 0.329 e. The zero-order valence-electron chi connectivity index (χ0n) is 20.4. The molecule has 4 N–H and O–H groups in total. The summed E-state index contributed by atoms with van der Waals surface area (Å²) in [6, 6.07) is 10.9. The Morgan fingerprint density at radius 3 is 2.46 bits per heavy atom. The van der Waals surface area contributed by atoms with E-state index in [9.17, 15) is 19.5 Å². The molecular formula is C25H32N6O4. The molecule has 1 aliphatic rings. The number of hydrogen-bond acceptors (Lipinski definition) is 5. The first-order chi connectivity index (χ1) is 16.4. The van der Waals surface area contributed by atoms with Gasteiger partial charge in [-0.25, -0.2) is 4.79 Å². The van der Waals surface area contributed by atoms with Gasteiger partial charge in [-0.3, -0.25) is 9.59 Å². The fraction of sp³-hybridized carbons (Fsp3) is 0.480. The average Bonchev–Trinajstić information content (AvgIpc) is 3.21. The molecule has 3 rings (SSSR count). The second-order valence-electron chi connectivity index (χ2n) is 10.4. The number of nitrogens with two attached hydrogens (primary N) is 1. The van der Waals surface area contributed by atoms with Gasteiger partial charge in [-0.15, -0.1) is 0 Å². The first kappa shape index (κ1) is 26.0. The Labute approximate surface area is 204 Å². The number of rotatable bonds is 7. The van der Waals surface area contributed by atoms with Gasteiger partial charge in [0.2, 0.25) is 11.8 Å². The molecule has 1 saturated heterocycles. The van der Waals surface area contributed by atoms with Gasteiger partial charge < -0.3 is 21.1 Å². The van der Waals surface area contributed by atoms with Gasteiger partial charge in [-0.2, -0.15) is 0 Å². The molecule has 2 amide bonds. The Morgan fingerprint density at radius 1 is 1.20 bits per heavy atom. The molecule has 1 aliphatic heterocycles. The number of carbonyl (C=O) groups is 3. The number of carboxylic acid groups (broad SMARTS) is 1. The Morgan fingerprint density at radius 2 is 1.86 bits per heavy atom. The monoisotopic (exact) mass is 480 g/mol. The van der Waals surface area contributed by atoms with E-state index in [2.05, 4.69) is 15.3 Å². The Bertz CT molecular complexity index is 1190. The minimum absolute atomic E-state index is 0.0409. The molecule has 4 atom stereocenters. The third-order valence-electron chi connectivity index (χ3n) is 6.52. The summed E-state index contributed by atoms with van der Waals surface area (Å²) in [5.41, 5.74) is 13.6. The highest BCUT2D eigenvalue weighted by molar-refractivity contribution is 5.94. The number of hydrogen-bond donors (Lipinski definition) is 3. The van der Waals surface area contributed by atoms with E-state index in [1.165, 1.54) is 11.8 Å². The number of nitrogens with zero attached hydrogens (tertiary/aromatic N) is 4. The lowest BCUT2D eigenvalue weighted by Crippen LogP contribution is -2.60. The minimum Gasteiger partial charge on any atom is -0.480 e. The molecule has 0 radical (unpaired) electrons. The van der Waals surface area contributed by atoms with Crippen molar-refractivity contribution in [2.24, 2.45) is 16.3 Å². The van der Waals surface area contributed by atoms with Crippen molar-refractivity contribution in [2.45, 2.75) is 64.2 Å². The van der Waals surface area contributed by atoms with E-state index in [1.54, 1.807) is 0 Å². The van der Waals surface area contributed by atoms with Crippen LogP contribution in [-0.2, 0) is 20.8 Å². The molecule has 0 spiro atoms. The van der Waals surface area contributed by atoms with Gasteiger partial charge >= 0.3 is 5.97 Å². The summed E-state index contributed by atoms with van der Waals surface area (Å²) in [4.78, 5) is 42.9. The molecule has 1 fully saturated rings. The largest absolute Gasteiger partial charge is 0.480 e. The lowest BCUT2D eigenvalue weighted by Gasteiger charge is -2.34. The summed E-state index contributed by atoms with van der Waals surface area (Å²) in [5.74, 6) is -2.27. The van der Waals surface area contributed by atoms with Crippen LogP contribution in [0.1, 0.15) is 39.7 Å². The van der Waals surface area contributed by atoms with E-state index in [4.69, 9.17) is 11.3 Å². The second-order valence-corrected chi connectivity index (χ2v) is 10.4. The maximum atomic E-state index is 13.4. The molecule has 186 valence electrons. The highest BCUT2D eigenvalue weighted by atomic mass is 16.4. The normalized spacial score (nSPS) is 20.5. The van der Waals surface area contributed by atoms with Crippen LogP contribution in [0.5, 0.6) is 0 Å². The topological polar surface area (TPSA) is 161 Å². The van der Waals surface area contributed by atoms with Crippen LogP contribution in [0.25, 0.3) is 21.2 Å². The van der Waals surface area contributed by atoms with Crippen LogP contribution < -0.4 is 11.1 Å². The van der Waals surface area contributed by atoms with Crippen molar-refractivity contribution in [2.75, 3.05) is 6.54 Å². The lowest BCUT2D eigenvalue weighted by atomic mass is 9.86. The van der Waals surface area contributed by atoms with E-state index in [-0.39, 0.29) is 19.4 Å². The lowest BCUT2D eigenvalue weighted by molar-refractivity contribution is -0.148. The number of amides is 2. The maximum absolute atomic E-state index is 13.4. The predicted molar refractivity (Wildman–Crippen MR) is 132 cm³/mol. The molecule has 0 unspecified atom stereocenters. The number of likely N-dealkylation sites (tertiary alicyclic amines) is 1. The van der Waals surface area contributed by atoms with Crippen molar-refractivity contribution >= 4 is 28.6 Å². The molecule has 35 heavy (non-hydrogen) atoms. The first-order valence-corrected chi connectivity index (χ1v) is 11.5. The molecule has 2 aromatic carbocycles. The predicted octanol–water partition coefficient (Wildman–Crippen LogP) is 3.00. The number of azide groups is 1. The SMILES string of the molecule is CC(C)(C)[C@H](N)C(=O)N1C[C@@H](N=[N+]=[N-])C[C@H]1C(=O)N[C@@](C)(Cc1ccc2ccccc2c1)C(=O)O. The zero-order chi connectivity index (χ0) is 26.0. The summed E-state index contributed by atoms with van der Waals surface area (Å²) < 4.78 is 0. The van der Waals surface area contributed by atoms with Gasteiger partial charge in [-0.05, 0) is 40.6 Å². The van der Waals surface area contributed by atoms with Crippen molar-refractivity contribution in [3.8, 4) is 0 Å². The zero-order valence-corrected chi connectivity index (χ0v) is 20.4. The third-order valence-corrected chi connectivity index (χ3v) is 6.52. The van der Waals surface area contributed by atoms with Crippen molar-refractivity contribution in [3.05, 3.63) is 58.5 Å². The van der Waals surface area contributed by atoms with Crippen LogP contribution in [0.15, 0.2) is 47.6 Å². The van der Waals surface area contributed by atoms with Crippen molar-refractivity contribution < 1.29 is 19.5 Å². The van der Waals surface area contributed by atoms with E-state index < -0.39 is 46.9 Å². The molecule has 0 saturated carbocycles. The van der Waals surface area contributed by atoms with Gasteiger partial charge in [-0.1, -0.05) is 68.4 Å². The molecule has 10 heteroatoms. The van der Waals surface area contributed by atoms with E-state index in [1.807, 2.05) is 63.2 Å². The molecule has 0 bridgehead atoms. The van der Waals surface area contributed by atoms with Gasteiger partial charge in [0, 0.05) is 17.9 Å². The summed E-state index contributed by atoms with van der Waals surface area (Å²) in [6.45, 7) is 6.93. The number of benzene rings is 2. The summed E-state index contributed by atoms with van der Waals surface area (Å²) in [5, 5.41) is 18.3. The van der Waals surface area contributed by atoms with Crippen LogP contribution in [0.3, 0.4) is 0 Å².